The number of halogens is 10. The molecule has 0 saturated carbocycles. The van der Waals surface area contributed by atoms with Gasteiger partial charge in [0.1, 0.15) is 5.57 Å². The van der Waals surface area contributed by atoms with Crippen LogP contribution in [0.15, 0.2) is 6.08 Å². The first-order chi connectivity index (χ1) is 8.50. The fourth-order valence-corrected chi connectivity index (χ4v) is 1.33. The van der Waals surface area contributed by atoms with Gasteiger partial charge in [0.25, 0.3) is 6.08 Å². The molecule has 0 aliphatic rings. The summed E-state index contributed by atoms with van der Waals surface area (Å²) in [7, 11) is 0. The van der Waals surface area contributed by atoms with Crippen molar-refractivity contribution in [3.8, 4) is 0 Å². The summed E-state index contributed by atoms with van der Waals surface area (Å²) in [5.41, 5.74) is -5.27. The molecule has 0 N–H and O–H groups in total. The molecule has 0 aliphatic heterocycles. The quantitative estimate of drug-likeness (QED) is 0.318. The molecule has 0 unspecified atom stereocenters. The molecule has 1 aromatic carbocycles. The van der Waals surface area contributed by atoms with Crippen molar-refractivity contribution in [2.24, 2.45) is 0 Å². The predicted octanol–water partition coefficient (Wildman–Crippen LogP) is 4.82. The van der Waals surface area contributed by atoms with Crippen LogP contribution in [0.2, 0.25) is 0 Å². The third-order valence-electron chi connectivity index (χ3n) is 1.93. The van der Waals surface area contributed by atoms with E-state index in [4.69, 9.17) is 0 Å². The number of benzene rings is 1. The zero-order valence-electron chi connectivity index (χ0n) is 8.28. The van der Waals surface area contributed by atoms with E-state index in [-0.39, 0.29) is 0 Å². The summed E-state index contributed by atoms with van der Waals surface area (Å²) in [5.74, 6) is -13.6. The summed E-state index contributed by atoms with van der Waals surface area (Å²) in [6, 6.07) is 0. The minimum atomic E-state index is -5.03. The Kier molecular flexibility index (Phi) is 4.08. The highest BCUT2D eigenvalue weighted by atomic mass is 35.5. The summed E-state index contributed by atoms with van der Waals surface area (Å²) in [6.07, 6.45) is -3.39. The predicted molar refractivity (Wildman–Crippen MR) is 46.2 cm³/mol. The number of alkyl halides is 3. The van der Waals surface area contributed by atoms with Crippen LogP contribution < -0.4 is 0 Å². The molecular formula is C9ClF9. The Morgan fingerprint density at radius 2 is 1.05 bits per heavy atom. The molecule has 0 atom stereocenters. The maximum atomic E-state index is 13.1. The zero-order chi connectivity index (χ0) is 15.1. The highest BCUT2D eigenvalue weighted by Crippen LogP contribution is 2.42. The van der Waals surface area contributed by atoms with E-state index in [1.165, 1.54) is 0 Å². The zero-order valence-corrected chi connectivity index (χ0v) is 9.04. The van der Waals surface area contributed by atoms with E-state index in [9.17, 15) is 39.5 Å². The molecule has 0 radical (unpaired) electrons. The van der Waals surface area contributed by atoms with Gasteiger partial charge in [-0.15, -0.1) is 0 Å². The topological polar surface area (TPSA) is 0 Å². The molecular weight excluding hydrogens is 315 g/mol. The summed E-state index contributed by atoms with van der Waals surface area (Å²) in [4.78, 5) is 0. The normalized spacial score (nSPS) is 11.7. The molecule has 1 rings (SSSR count). The number of hydrogen-bond donors (Lipinski definition) is 0. The standard InChI is InChI=1S/C9ClF9/c10-9(18,19)2(8(16)17)1-3(11)5(13)7(15)6(14)4(1)12. The number of hydrogen-bond acceptors (Lipinski definition) is 0. The molecule has 19 heavy (non-hydrogen) atoms. The van der Waals surface area contributed by atoms with Crippen LogP contribution in [-0.2, 0) is 0 Å². The van der Waals surface area contributed by atoms with Gasteiger partial charge in [-0.2, -0.15) is 17.6 Å². The van der Waals surface area contributed by atoms with Crippen molar-refractivity contribution in [2.45, 2.75) is 5.38 Å². The first-order valence-corrected chi connectivity index (χ1v) is 4.52. The SMILES string of the molecule is FC(F)=C(c1c(F)c(F)c(F)c(F)c1F)C(F)(F)Cl. The number of rotatable bonds is 2. The van der Waals surface area contributed by atoms with Crippen LogP contribution >= 0.6 is 11.6 Å². The van der Waals surface area contributed by atoms with Gasteiger partial charge in [0.2, 0.25) is 5.82 Å². The Balaban J connectivity index is 3.84. The van der Waals surface area contributed by atoms with Crippen molar-refractivity contribution in [3.05, 3.63) is 40.7 Å². The van der Waals surface area contributed by atoms with Crippen LogP contribution in [-0.4, -0.2) is 5.38 Å². The molecule has 1 aromatic rings. The Bertz CT molecular complexity index is 525. The lowest BCUT2D eigenvalue weighted by Gasteiger charge is -2.14. The molecule has 0 aliphatic carbocycles. The first-order valence-electron chi connectivity index (χ1n) is 4.14. The fourth-order valence-electron chi connectivity index (χ4n) is 1.17. The summed E-state index contributed by atoms with van der Waals surface area (Å²) < 4.78 is 114. The summed E-state index contributed by atoms with van der Waals surface area (Å²) in [6.45, 7) is 0. The second kappa shape index (κ2) is 4.95. The van der Waals surface area contributed by atoms with Crippen molar-refractivity contribution in [1.29, 1.82) is 0 Å². The van der Waals surface area contributed by atoms with Gasteiger partial charge in [-0.05, 0) is 11.6 Å². The third-order valence-corrected chi connectivity index (χ3v) is 2.12. The Hall–Kier alpha value is -1.38. The van der Waals surface area contributed by atoms with Crippen LogP contribution in [0.25, 0.3) is 5.57 Å². The fraction of sp³-hybridized carbons (Fsp3) is 0.111. The monoisotopic (exact) mass is 314 g/mol. The Morgan fingerprint density at radius 3 is 1.32 bits per heavy atom. The Morgan fingerprint density at radius 1 is 0.737 bits per heavy atom. The maximum Gasteiger partial charge on any atom is 0.354 e. The molecule has 0 amide bonds. The van der Waals surface area contributed by atoms with E-state index in [0.717, 1.165) is 0 Å². The van der Waals surface area contributed by atoms with Crippen LogP contribution in [0.5, 0.6) is 0 Å². The second-order valence-electron chi connectivity index (χ2n) is 3.08. The first kappa shape index (κ1) is 15.7. The van der Waals surface area contributed by atoms with Gasteiger partial charge >= 0.3 is 5.38 Å². The second-order valence-corrected chi connectivity index (χ2v) is 3.55. The lowest BCUT2D eigenvalue weighted by molar-refractivity contribution is 0.157. The molecule has 0 fully saturated rings. The maximum absolute atomic E-state index is 13.1. The lowest BCUT2D eigenvalue weighted by Crippen LogP contribution is -2.16. The summed E-state index contributed by atoms with van der Waals surface area (Å²) >= 11 is 4.17. The lowest BCUT2D eigenvalue weighted by atomic mass is 10.0. The molecule has 0 bridgehead atoms. The van der Waals surface area contributed by atoms with Gasteiger partial charge in [0.15, 0.2) is 23.3 Å². The molecule has 0 saturated heterocycles. The molecule has 0 nitrogen and oxygen atoms in total. The van der Waals surface area contributed by atoms with E-state index in [1.807, 2.05) is 0 Å². The molecule has 10 heteroatoms. The van der Waals surface area contributed by atoms with Gasteiger partial charge in [-0.1, -0.05) is 0 Å². The largest absolute Gasteiger partial charge is 0.354 e. The van der Waals surface area contributed by atoms with Gasteiger partial charge in [-0.25, -0.2) is 22.0 Å². The van der Waals surface area contributed by atoms with Gasteiger partial charge in [-0.3, -0.25) is 0 Å². The van der Waals surface area contributed by atoms with E-state index in [1.54, 1.807) is 0 Å². The summed E-state index contributed by atoms with van der Waals surface area (Å²) in [5, 5.41) is -5.03. The van der Waals surface area contributed by atoms with E-state index < -0.39 is 51.7 Å². The van der Waals surface area contributed by atoms with Crippen molar-refractivity contribution in [3.63, 3.8) is 0 Å². The van der Waals surface area contributed by atoms with Crippen molar-refractivity contribution >= 4 is 17.2 Å². The van der Waals surface area contributed by atoms with E-state index in [2.05, 4.69) is 11.6 Å². The third kappa shape index (κ3) is 2.65. The van der Waals surface area contributed by atoms with Crippen LogP contribution in [0.3, 0.4) is 0 Å². The van der Waals surface area contributed by atoms with Crippen molar-refractivity contribution in [2.75, 3.05) is 0 Å². The number of allylic oxidation sites excluding steroid dienone is 1. The smallest absolute Gasteiger partial charge is 0.203 e. The van der Waals surface area contributed by atoms with Gasteiger partial charge in [0, 0.05) is 0 Å². The van der Waals surface area contributed by atoms with Crippen molar-refractivity contribution < 1.29 is 39.5 Å². The van der Waals surface area contributed by atoms with E-state index in [0.29, 0.717) is 0 Å². The van der Waals surface area contributed by atoms with Crippen LogP contribution in [0.1, 0.15) is 5.56 Å². The minimum Gasteiger partial charge on any atom is -0.203 e. The Labute approximate surface area is 104 Å². The molecule has 0 aromatic heterocycles. The van der Waals surface area contributed by atoms with E-state index >= 15 is 0 Å². The van der Waals surface area contributed by atoms with Crippen LogP contribution in [0.4, 0.5) is 39.5 Å². The highest BCUT2D eigenvalue weighted by molar-refractivity contribution is 6.27. The van der Waals surface area contributed by atoms with Crippen molar-refractivity contribution in [1.82, 2.24) is 0 Å². The van der Waals surface area contributed by atoms with Gasteiger partial charge in [0.05, 0.1) is 5.56 Å². The average Bonchev–Trinajstić information content (AvgIpc) is 2.27. The molecule has 0 spiro atoms. The van der Waals surface area contributed by atoms with Crippen LogP contribution in [0, 0.1) is 29.1 Å². The average molecular weight is 315 g/mol. The minimum absolute atomic E-state index is 2.48. The molecule has 0 heterocycles. The highest BCUT2D eigenvalue weighted by Gasteiger charge is 2.42. The molecule has 106 valence electrons. The van der Waals surface area contributed by atoms with Gasteiger partial charge < -0.3 is 0 Å².